The smallest absolute Gasteiger partial charge is 0.258 e. The van der Waals surface area contributed by atoms with Gasteiger partial charge in [0.2, 0.25) is 5.88 Å². The third kappa shape index (κ3) is 4.16. The minimum absolute atomic E-state index is 0.466. The Kier molecular flexibility index (Phi) is 5.07. The van der Waals surface area contributed by atoms with E-state index in [-0.39, 0.29) is 0 Å². The number of primary amides is 1. The van der Waals surface area contributed by atoms with Crippen LogP contribution in [0.25, 0.3) is 22.3 Å². The van der Waals surface area contributed by atoms with Crippen molar-refractivity contribution in [1.82, 2.24) is 9.97 Å². The summed E-state index contributed by atoms with van der Waals surface area (Å²) >= 11 is 0. The number of nitrogens with zero attached hydrogens (tertiary/aromatic N) is 2. The van der Waals surface area contributed by atoms with E-state index < -0.39 is 12.0 Å². The summed E-state index contributed by atoms with van der Waals surface area (Å²) < 4.78 is 11.5. The molecule has 1 atom stereocenters. The highest BCUT2D eigenvalue weighted by Gasteiger charge is 2.13. The standard InChI is InChI=1S/C23H19N3O3/c1-15(21(24)27)28-17-11-13-18(14-12-17)29-23-19-9-5-6-10-20(19)25-22(26-23)16-7-3-2-4-8-16/h2-15H,1H3,(H2,24,27). The normalized spacial score (nSPS) is 11.8. The monoisotopic (exact) mass is 385 g/mol. The lowest BCUT2D eigenvalue weighted by molar-refractivity contribution is -0.123. The van der Waals surface area contributed by atoms with Crippen LogP contribution >= 0.6 is 0 Å². The van der Waals surface area contributed by atoms with Gasteiger partial charge >= 0.3 is 0 Å². The molecule has 144 valence electrons. The van der Waals surface area contributed by atoms with Crippen LogP contribution in [-0.2, 0) is 4.79 Å². The molecule has 1 heterocycles. The third-order valence-corrected chi connectivity index (χ3v) is 4.35. The van der Waals surface area contributed by atoms with Crippen LogP contribution in [0.15, 0.2) is 78.9 Å². The topological polar surface area (TPSA) is 87.3 Å². The van der Waals surface area contributed by atoms with Gasteiger partial charge in [-0.1, -0.05) is 42.5 Å². The number of benzene rings is 3. The highest BCUT2D eigenvalue weighted by Crippen LogP contribution is 2.30. The van der Waals surface area contributed by atoms with Gasteiger partial charge in [-0.05, 0) is 43.3 Å². The molecule has 0 bridgehead atoms. The van der Waals surface area contributed by atoms with Crippen LogP contribution in [0.3, 0.4) is 0 Å². The summed E-state index contributed by atoms with van der Waals surface area (Å²) in [6, 6.07) is 24.4. The number of hydrogen-bond donors (Lipinski definition) is 1. The van der Waals surface area contributed by atoms with Crippen LogP contribution in [0.1, 0.15) is 6.92 Å². The van der Waals surface area contributed by atoms with Crippen LogP contribution in [0.4, 0.5) is 0 Å². The van der Waals surface area contributed by atoms with Gasteiger partial charge < -0.3 is 15.2 Å². The number of rotatable bonds is 6. The van der Waals surface area contributed by atoms with Crippen molar-refractivity contribution >= 4 is 16.8 Å². The summed E-state index contributed by atoms with van der Waals surface area (Å²) in [6.07, 6.45) is -0.707. The van der Waals surface area contributed by atoms with Crippen LogP contribution in [0.5, 0.6) is 17.4 Å². The first-order valence-electron chi connectivity index (χ1n) is 9.16. The molecule has 1 amide bonds. The molecule has 0 saturated carbocycles. The Balaban J connectivity index is 1.66. The van der Waals surface area contributed by atoms with E-state index in [0.29, 0.717) is 23.2 Å². The SMILES string of the molecule is CC(Oc1ccc(Oc2nc(-c3ccccc3)nc3ccccc23)cc1)C(N)=O. The molecule has 4 rings (SSSR count). The maximum Gasteiger partial charge on any atom is 0.258 e. The van der Waals surface area contributed by atoms with Crippen molar-refractivity contribution in [1.29, 1.82) is 0 Å². The van der Waals surface area contributed by atoms with Crippen molar-refractivity contribution in [2.45, 2.75) is 13.0 Å². The van der Waals surface area contributed by atoms with Crippen molar-refractivity contribution in [3.63, 3.8) is 0 Å². The van der Waals surface area contributed by atoms with Gasteiger partial charge in [0.25, 0.3) is 5.91 Å². The lowest BCUT2D eigenvalue weighted by Gasteiger charge is -2.13. The number of aromatic nitrogens is 2. The molecule has 6 heteroatoms. The number of para-hydroxylation sites is 1. The molecule has 1 unspecified atom stereocenters. The summed E-state index contributed by atoms with van der Waals surface area (Å²) in [4.78, 5) is 20.4. The third-order valence-electron chi connectivity index (χ3n) is 4.35. The van der Waals surface area contributed by atoms with Crippen molar-refractivity contribution in [3.8, 4) is 28.8 Å². The Labute approximate surface area is 167 Å². The second-order valence-corrected chi connectivity index (χ2v) is 6.47. The summed E-state index contributed by atoms with van der Waals surface area (Å²) in [5, 5.41) is 0.815. The molecule has 3 aromatic carbocycles. The van der Waals surface area contributed by atoms with Gasteiger partial charge in [0.05, 0.1) is 10.9 Å². The summed E-state index contributed by atoms with van der Waals surface area (Å²) in [5.41, 5.74) is 6.94. The highest BCUT2D eigenvalue weighted by atomic mass is 16.5. The maximum absolute atomic E-state index is 11.1. The molecule has 0 radical (unpaired) electrons. The van der Waals surface area contributed by atoms with E-state index in [9.17, 15) is 4.79 Å². The fourth-order valence-electron chi connectivity index (χ4n) is 2.80. The number of carbonyl (C=O) groups is 1. The summed E-state index contributed by atoms with van der Waals surface area (Å²) in [6.45, 7) is 1.60. The lowest BCUT2D eigenvalue weighted by atomic mass is 10.2. The Morgan fingerprint density at radius 2 is 1.52 bits per heavy atom. The van der Waals surface area contributed by atoms with Crippen molar-refractivity contribution in [2.75, 3.05) is 0 Å². The zero-order valence-electron chi connectivity index (χ0n) is 15.8. The van der Waals surface area contributed by atoms with Gasteiger partial charge in [0, 0.05) is 5.56 Å². The van der Waals surface area contributed by atoms with Crippen molar-refractivity contribution in [2.24, 2.45) is 5.73 Å². The van der Waals surface area contributed by atoms with Gasteiger partial charge in [0.1, 0.15) is 11.5 Å². The lowest BCUT2D eigenvalue weighted by Crippen LogP contribution is -2.30. The fraction of sp³-hybridized carbons (Fsp3) is 0.0870. The van der Waals surface area contributed by atoms with E-state index in [4.69, 9.17) is 15.2 Å². The first-order chi connectivity index (χ1) is 14.1. The number of ether oxygens (including phenoxy) is 2. The first-order valence-corrected chi connectivity index (χ1v) is 9.16. The number of hydrogen-bond acceptors (Lipinski definition) is 5. The van der Waals surface area contributed by atoms with E-state index in [0.717, 1.165) is 16.5 Å². The molecular formula is C23H19N3O3. The minimum atomic E-state index is -0.707. The van der Waals surface area contributed by atoms with Crippen LogP contribution in [0, 0.1) is 0 Å². The summed E-state index contributed by atoms with van der Waals surface area (Å²) in [7, 11) is 0. The Hall–Kier alpha value is -3.93. The molecule has 6 nitrogen and oxygen atoms in total. The first kappa shape index (κ1) is 18.4. The largest absolute Gasteiger partial charge is 0.481 e. The predicted molar refractivity (Wildman–Crippen MR) is 111 cm³/mol. The molecule has 0 saturated heterocycles. The molecule has 4 aromatic rings. The molecule has 0 aliphatic rings. The number of nitrogens with two attached hydrogens (primary N) is 1. The van der Waals surface area contributed by atoms with E-state index in [1.165, 1.54) is 0 Å². The summed E-state index contributed by atoms with van der Waals surface area (Å²) in [5.74, 6) is 1.66. The zero-order chi connectivity index (χ0) is 20.2. The van der Waals surface area contributed by atoms with Crippen molar-refractivity contribution in [3.05, 3.63) is 78.9 Å². The van der Waals surface area contributed by atoms with Crippen LogP contribution in [-0.4, -0.2) is 22.0 Å². The fourth-order valence-corrected chi connectivity index (χ4v) is 2.80. The molecule has 0 aliphatic carbocycles. The van der Waals surface area contributed by atoms with Gasteiger partial charge in [-0.3, -0.25) is 4.79 Å². The highest BCUT2D eigenvalue weighted by molar-refractivity contribution is 5.85. The van der Waals surface area contributed by atoms with E-state index in [1.807, 2.05) is 54.6 Å². The average molecular weight is 385 g/mol. The molecule has 0 spiro atoms. The zero-order valence-corrected chi connectivity index (χ0v) is 15.8. The number of fused-ring (bicyclic) bond motifs is 1. The Morgan fingerprint density at radius 1 is 0.862 bits per heavy atom. The van der Waals surface area contributed by atoms with E-state index in [1.54, 1.807) is 31.2 Å². The molecule has 0 aliphatic heterocycles. The second-order valence-electron chi connectivity index (χ2n) is 6.47. The molecule has 1 aromatic heterocycles. The predicted octanol–water partition coefficient (Wildman–Crippen LogP) is 4.34. The Morgan fingerprint density at radius 3 is 2.24 bits per heavy atom. The Bertz CT molecular complexity index is 1150. The van der Waals surface area contributed by atoms with Crippen LogP contribution < -0.4 is 15.2 Å². The van der Waals surface area contributed by atoms with E-state index >= 15 is 0 Å². The number of amides is 1. The van der Waals surface area contributed by atoms with Gasteiger partial charge in [-0.15, -0.1) is 0 Å². The van der Waals surface area contributed by atoms with Gasteiger partial charge in [0.15, 0.2) is 11.9 Å². The van der Waals surface area contributed by atoms with E-state index in [2.05, 4.69) is 9.97 Å². The minimum Gasteiger partial charge on any atom is -0.481 e. The average Bonchev–Trinajstić information content (AvgIpc) is 2.75. The van der Waals surface area contributed by atoms with Gasteiger partial charge in [-0.2, -0.15) is 4.98 Å². The second kappa shape index (κ2) is 7.98. The van der Waals surface area contributed by atoms with Gasteiger partial charge in [-0.25, -0.2) is 4.98 Å². The number of carbonyl (C=O) groups excluding carboxylic acids is 1. The van der Waals surface area contributed by atoms with Crippen LogP contribution in [0.2, 0.25) is 0 Å². The maximum atomic E-state index is 11.1. The molecule has 0 fully saturated rings. The molecule has 2 N–H and O–H groups in total. The molecule has 29 heavy (non-hydrogen) atoms. The van der Waals surface area contributed by atoms with Crippen molar-refractivity contribution < 1.29 is 14.3 Å². The quantitative estimate of drug-likeness (QED) is 0.533. The molecular weight excluding hydrogens is 366 g/mol.